The number of sulfone groups is 1. The first-order valence-corrected chi connectivity index (χ1v) is 8.98. The van der Waals surface area contributed by atoms with Crippen LogP contribution < -0.4 is 5.32 Å². The van der Waals surface area contributed by atoms with E-state index in [0.717, 1.165) is 38.9 Å². The van der Waals surface area contributed by atoms with E-state index in [1.54, 1.807) is 6.92 Å². The predicted octanol–water partition coefficient (Wildman–Crippen LogP) is 1.27. The van der Waals surface area contributed by atoms with Gasteiger partial charge in [0.1, 0.15) is 9.84 Å². The minimum atomic E-state index is -2.81. The lowest BCUT2D eigenvalue weighted by molar-refractivity contribution is 0.204. The molecule has 1 N–H and O–H groups in total. The van der Waals surface area contributed by atoms with Gasteiger partial charge in [-0.25, -0.2) is 8.42 Å². The van der Waals surface area contributed by atoms with E-state index in [-0.39, 0.29) is 5.75 Å². The Hall–Kier alpha value is -0.130. The number of rotatable bonds is 6. The molecular weight excluding hydrogens is 248 g/mol. The van der Waals surface area contributed by atoms with E-state index in [4.69, 9.17) is 0 Å². The molecule has 1 heterocycles. The Morgan fingerprint density at radius 1 is 1.33 bits per heavy atom. The van der Waals surface area contributed by atoms with Crippen molar-refractivity contribution in [2.75, 3.05) is 31.1 Å². The average Bonchev–Trinajstić information content (AvgIpc) is 2.52. The molecule has 1 saturated heterocycles. The first kappa shape index (κ1) is 15.9. The fourth-order valence-corrected chi connectivity index (χ4v) is 3.28. The lowest BCUT2D eigenvalue weighted by Gasteiger charge is -2.28. The van der Waals surface area contributed by atoms with Crippen molar-refractivity contribution in [1.29, 1.82) is 0 Å². The van der Waals surface area contributed by atoms with Gasteiger partial charge in [0.2, 0.25) is 0 Å². The van der Waals surface area contributed by atoms with Crippen molar-refractivity contribution in [3.05, 3.63) is 0 Å². The van der Waals surface area contributed by atoms with Gasteiger partial charge in [0, 0.05) is 24.4 Å². The zero-order valence-electron chi connectivity index (χ0n) is 12.0. The summed E-state index contributed by atoms with van der Waals surface area (Å²) in [5.41, 5.74) is 0. The summed E-state index contributed by atoms with van der Waals surface area (Å²) in [6.07, 6.45) is 3.05. The molecule has 0 amide bonds. The summed E-state index contributed by atoms with van der Waals surface area (Å²) >= 11 is 0. The molecule has 0 aliphatic carbocycles. The molecule has 2 unspecified atom stereocenters. The van der Waals surface area contributed by atoms with Gasteiger partial charge in [0.15, 0.2) is 0 Å². The highest BCUT2D eigenvalue weighted by molar-refractivity contribution is 7.91. The molecule has 0 bridgehead atoms. The second-order valence-electron chi connectivity index (χ2n) is 5.28. The number of hydrogen-bond acceptors (Lipinski definition) is 4. The zero-order chi connectivity index (χ0) is 13.6. The molecule has 1 aliphatic heterocycles. The summed E-state index contributed by atoms with van der Waals surface area (Å²) in [4.78, 5) is 2.44. The first-order chi connectivity index (χ1) is 8.48. The SMILES string of the molecule is CCC1CN(CCCS(=O)(=O)CC)C(C)CCN1. The molecule has 0 radical (unpaired) electrons. The molecule has 0 saturated carbocycles. The molecule has 2 atom stereocenters. The smallest absolute Gasteiger partial charge is 0.150 e. The predicted molar refractivity (Wildman–Crippen MR) is 76.7 cm³/mol. The molecule has 108 valence electrons. The van der Waals surface area contributed by atoms with E-state index >= 15 is 0 Å². The fourth-order valence-electron chi connectivity index (χ4n) is 2.42. The van der Waals surface area contributed by atoms with E-state index in [9.17, 15) is 8.42 Å². The van der Waals surface area contributed by atoms with Crippen LogP contribution in [0.1, 0.15) is 40.0 Å². The molecular formula is C13H28N2O2S. The summed E-state index contributed by atoms with van der Waals surface area (Å²) in [6.45, 7) is 9.19. The highest BCUT2D eigenvalue weighted by Crippen LogP contribution is 2.11. The lowest BCUT2D eigenvalue weighted by Crippen LogP contribution is -2.40. The van der Waals surface area contributed by atoms with E-state index < -0.39 is 9.84 Å². The van der Waals surface area contributed by atoms with Crippen LogP contribution in [0, 0.1) is 0 Å². The summed E-state index contributed by atoms with van der Waals surface area (Å²) in [7, 11) is -2.81. The minimum absolute atomic E-state index is 0.266. The standard InChI is InChI=1S/C13H28N2O2S/c1-4-13-11-15(12(3)7-8-14-13)9-6-10-18(16,17)5-2/h12-14H,4-11H2,1-3H3. The van der Waals surface area contributed by atoms with Crippen LogP contribution >= 0.6 is 0 Å². The van der Waals surface area contributed by atoms with Gasteiger partial charge in [0.05, 0.1) is 5.75 Å². The maximum Gasteiger partial charge on any atom is 0.150 e. The summed E-state index contributed by atoms with van der Waals surface area (Å²) in [5.74, 6) is 0.596. The van der Waals surface area contributed by atoms with Crippen molar-refractivity contribution in [1.82, 2.24) is 10.2 Å². The van der Waals surface area contributed by atoms with Gasteiger partial charge in [-0.2, -0.15) is 0 Å². The van der Waals surface area contributed by atoms with Gasteiger partial charge in [0.25, 0.3) is 0 Å². The second-order valence-corrected chi connectivity index (χ2v) is 7.75. The van der Waals surface area contributed by atoms with Crippen LogP contribution in [-0.4, -0.2) is 56.5 Å². The van der Waals surface area contributed by atoms with Crippen molar-refractivity contribution in [3.63, 3.8) is 0 Å². The van der Waals surface area contributed by atoms with Gasteiger partial charge in [-0.15, -0.1) is 0 Å². The van der Waals surface area contributed by atoms with E-state index in [1.807, 2.05) is 0 Å². The van der Waals surface area contributed by atoms with Crippen molar-refractivity contribution < 1.29 is 8.42 Å². The molecule has 1 rings (SSSR count). The van der Waals surface area contributed by atoms with Gasteiger partial charge in [-0.1, -0.05) is 13.8 Å². The summed E-state index contributed by atoms with van der Waals surface area (Å²) < 4.78 is 23.0. The summed E-state index contributed by atoms with van der Waals surface area (Å²) in [6, 6.07) is 1.11. The van der Waals surface area contributed by atoms with Crippen molar-refractivity contribution >= 4 is 9.84 Å². The van der Waals surface area contributed by atoms with Crippen LogP contribution in [0.4, 0.5) is 0 Å². The van der Waals surface area contributed by atoms with Crippen LogP contribution in [0.15, 0.2) is 0 Å². The quantitative estimate of drug-likeness (QED) is 0.794. The molecule has 1 aliphatic rings. The molecule has 4 nitrogen and oxygen atoms in total. The average molecular weight is 276 g/mol. The van der Waals surface area contributed by atoms with Crippen LogP contribution in [0.25, 0.3) is 0 Å². The third-order valence-electron chi connectivity index (χ3n) is 3.91. The normalized spacial score (nSPS) is 27.1. The Balaban J connectivity index is 2.42. The first-order valence-electron chi connectivity index (χ1n) is 7.16. The third-order valence-corrected chi connectivity index (χ3v) is 5.70. The van der Waals surface area contributed by atoms with Crippen LogP contribution in [-0.2, 0) is 9.84 Å². The van der Waals surface area contributed by atoms with Crippen LogP contribution in [0.5, 0.6) is 0 Å². The van der Waals surface area contributed by atoms with E-state index in [1.165, 1.54) is 0 Å². The molecule has 1 fully saturated rings. The van der Waals surface area contributed by atoms with E-state index in [2.05, 4.69) is 24.1 Å². The monoisotopic (exact) mass is 276 g/mol. The fraction of sp³-hybridized carbons (Fsp3) is 1.00. The summed E-state index contributed by atoms with van der Waals surface area (Å²) in [5, 5.41) is 3.55. The Kier molecular flexibility index (Phi) is 6.60. The van der Waals surface area contributed by atoms with Crippen molar-refractivity contribution in [2.45, 2.75) is 52.1 Å². The van der Waals surface area contributed by atoms with Gasteiger partial charge < -0.3 is 5.32 Å². The maximum absolute atomic E-state index is 11.5. The maximum atomic E-state index is 11.5. The Morgan fingerprint density at radius 2 is 2.06 bits per heavy atom. The van der Waals surface area contributed by atoms with Crippen LogP contribution in [0.2, 0.25) is 0 Å². The van der Waals surface area contributed by atoms with Gasteiger partial charge >= 0.3 is 0 Å². The number of nitrogens with zero attached hydrogens (tertiary/aromatic N) is 1. The lowest BCUT2D eigenvalue weighted by atomic mass is 10.2. The van der Waals surface area contributed by atoms with E-state index in [0.29, 0.717) is 17.8 Å². The Labute approximate surface area is 112 Å². The molecule has 18 heavy (non-hydrogen) atoms. The van der Waals surface area contributed by atoms with Gasteiger partial charge in [-0.3, -0.25) is 4.90 Å². The minimum Gasteiger partial charge on any atom is -0.313 e. The third kappa shape index (κ3) is 5.24. The Morgan fingerprint density at radius 3 is 2.67 bits per heavy atom. The van der Waals surface area contributed by atoms with Crippen LogP contribution in [0.3, 0.4) is 0 Å². The molecule has 0 aromatic carbocycles. The van der Waals surface area contributed by atoms with Crippen molar-refractivity contribution in [3.8, 4) is 0 Å². The topological polar surface area (TPSA) is 49.4 Å². The second kappa shape index (κ2) is 7.46. The molecule has 0 aromatic heterocycles. The Bertz CT molecular complexity index is 330. The molecule has 5 heteroatoms. The highest BCUT2D eigenvalue weighted by atomic mass is 32.2. The molecule has 0 aromatic rings. The largest absolute Gasteiger partial charge is 0.313 e. The van der Waals surface area contributed by atoms with Gasteiger partial charge in [-0.05, 0) is 39.3 Å². The number of hydrogen-bond donors (Lipinski definition) is 1. The molecule has 0 spiro atoms. The zero-order valence-corrected chi connectivity index (χ0v) is 12.8. The highest BCUT2D eigenvalue weighted by Gasteiger charge is 2.21. The number of nitrogens with one attached hydrogen (secondary N) is 1. The van der Waals surface area contributed by atoms with Crippen molar-refractivity contribution in [2.24, 2.45) is 0 Å².